The molecule has 0 N–H and O–H groups in total. The van der Waals surface area contributed by atoms with E-state index >= 15 is 0 Å². The molecule has 206 valence electrons. The maximum Gasteiger partial charge on any atom is 0.303 e. The molecule has 5 atom stereocenters. The third-order valence-electron chi connectivity index (χ3n) is 5.28. The van der Waals surface area contributed by atoms with Crippen molar-refractivity contribution in [3.63, 3.8) is 0 Å². The first-order chi connectivity index (χ1) is 18.1. The zero-order valence-corrected chi connectivity index (χ0v) is 21.5. The number of rotatable bonds is 10. The second kappa shape index (κ2) is 13.0. The van der Waals surface area contributed by atoms with Gasteiger partial charge in [0.05, 0.1) is 7.11 Å². The van der Waals surface area contributed by atoms with Crippen LogP contribution in [0.2, 0.25) is 0 Å². The Morgan fingerprint density at radius 3 is 2.03 bits per heavy atom. The summed E-state index contributed by atoms with van der Waals surface area (Å²) >= 11 is 0. The minimum atomic E-state index is -1.33. The third kappa shape index (κ3) is 7.76. The second-order valence-electron chi connectivity index (χ2n) is 8.29. The highest BCUT2D eigenvalue weighted by atomic mass is 16.7. The lowest BCUT2D eigenvalue weighted by Gasteiger charge is -2.43. The molecule has 38 heavy (non-hydrogen) atoms. The Bertz CT molecular complexity index is 1130. The Kier molecular flexibility index (Phi) is 9.79. The molecule has 1 fully saturated rings. The molecule has 0 aliphatic carbocycles. The molecular formula is C25H29NO12. The first kappa shape index (κ1) is 28.6. The van der Waals surface area contributed by atoms with Crippen molar-refractivity contribution >= 4 is 23.9 Å². The summed E-state index contributed by atoms with van der Waals surface area (Å²) in [6, 6.07) is 8.81. The van der Waals surface area contributed by atoms with Crippen molar-refractivity contribution in [2.24, 2.45) is 0 Å². The smallest absolute Gasteiger partial charge is 0.303 e. The van der Waals surface area contributed by atoms with E-state index < -0.39 is 54.6 Å². The predicted octanol–water partition coefficient (Wildman–Crippen LogP) is 1.95. The summed E-state index contributed by atoms with van der Waals surface area (Å²) in [6.45, 7) is 4.07. The number of benzene rings is 1. The van der Waals surface area contributed by atoms with Gasteiger partial charge in [0.2, 0.25) is 0 Å². The highest BCUT2D eigenvalue weighted by molar-refractivity contribution is 5.68. The number of aromatic nitrogens is 1. The van der Waals surface area contributed by atoms with Crippen molar-refractivity contribution in [3.05, 3.63) is 36.1 Å². The molecule has 0 radical (unpaired) electrons. The molecule has 2 heterocycles. The average molecular weight is 536 g/mol. The number of methoxy groups -OCH3 is 1. The molecule has 2 aromatic rings. The zero-order valence-electron chi connectivity index (χ0n) is 21.5. The van der Waals surface area contributed by atoms with Gasteiger partial charge in [-0.2, -0.15) is 0 Å². The summed E-state index contributed by atoms with van der Waals surface area (Å²) in [5.74, 6) is -1.82. The highest BCUT2D eigenvalue weighted by Gasteiger charge is 2.52. The van der Waals surface area contributed by atoms with Gasteiger partial charge in [-0.25, -0.2) is 0 Å². The maximum atomic E-state index is 11.9. The van der Waals surface area contributed by atoms with Crippen LogP contribution in [0, 0.1) is 0 Å². The van der Waals surface area contributed by atoms with Crippen molar-refractivity contribution in [1.82, 2.24) is 5.16 Å². The van der Waals surface area contributed by atoms with Crippen molar-refractivity contribution in [3.8, 4) is 17.0 Å². The lowest BCUT2D eigenvalue weighted by molar-refractivity contribution is -0.311. The first-order valence-corrected chi connectivity index (χ1v) is 11.6. The molecule has 1 aliphatic rings. The number of carbonyl (C=O) groups excluding carboxylic acids is 4. The summed E-state index contributed by atoms with van der Waals surface area (Å²) in [6.07, 6.45) is -6.38. The molecule has 0 bridgehead atoms. The molecule has 3 rings (SSSR count). The Labute approximate surface area is 218 Å². The molecule has 0 unspecified atom stereocenters. The van der Waals surface area contributed by atoms with Crippen LogP contribution in [-0.4, -0.2) is 73.5 Å². The van der Waals surface area contributed by atoms with E-state index in [1.165, 1.54) is 6.92 Å². The van der Waals surface area contributed by atoms with Gasteiger partial charge in [-0.15, -0.1) is 0 Å². The summed E-state index contributed by atoms with van der Waals surface area (Å²) in [5, 5.41) is 4.03. The standard InChI is InChI=1S/C25H29NO12/c1-13(27)32-12-21-22(34-14(2)28)23(35-15(3)29)24(36-16(4)30)25(37-21)33-11-19-10-20(26-38-19)17-6-8-18(31-5)9-7-17/h6-10,21-25H,11-12H2,1-5H3/t21-,22+,23-,24-,25+/m0/s1. The van der Waals surface area contributed by atoms with E-state index in [9.17, 15) is 19.2 Å². The van der Waals surface area contributed by atoms with Gasteiger partial charge in [-0.05, 0) is 24.3 Å². The Balaban J connectivity index is 1.84. The van der Waals surface area contributed by atoms with Gasteiger partial charge in [-0.3, -0.25) is 19.2 Å². The van der Waals surface area contributed by atoms with Crippen molar-refractivity contribution in [2.75, 3.05) is 13.7 Å². The number of hydrogen-bond acceptors (Lipinski definition) is 13. The lowest BCUT2D eigenvalue weighted by Crippen LogP contribution is -2.62. The van der Waals surface area contributed by atoms with Crippen LogP contribution < -0.4 is 4.74 Å². The number of ether oxygens (including phenoxy) is 7. The predicted molar refractivity (Wildman–Crippen MR) is 125 cm³/mol. The highest BCUT2D eigenvalue weighted by Crippen LogP contribution is 2.31. The fourth-order valence-corrected chi connectivity index (χ4v) is 3.77. The van der Waals surface area contributed by atoms with E-state index in [1.54, 1.807) is 37.4 Å². The summed E-state index contributed by atoms with van der Waals surface area (Å²) < 4.78 is 43.4. The molecule has 1 aliphatic heterocycles. The lowest BCUT2D eigenvalue weighted by atomic mass is 9.98. The normalized spacial score (nSPS) is 22.7. The fraction of sp³-hybridized carbons (Fsp3) is 0.480. The van der Waals surface area contributed by atoms with Crippen LogP contribution >= 0.6 is 0 Å². The Hall–Kier alpha value is -3.97. The van der Waals surface area contributed by atoms with E-state index in [1.807, 2.05) is 0 Å². The molecule has 0 spiro atoms. The quantitative estimate of drug-likeness (QED) is 0.321. The summed E-state index contributed by atoms with van der Waals surface area (Å²) in [4.78, 5) is 47.1. The van der Waals surface area contributed by atoms with E-state index in [0.717, 1.165) is 26.3 Å². The SMILES string of the molecule is COc1ccc(-c2cc(CO[C@@H]3O[C@@H](COC(C)=O)[C@@H](OC(C)=O)[C@H](OC(C)=O)[C@@H]3OC(C)=O)on2)cc1. The van der Waals surface area contributed by atoms with Crippen LogP contribution in [-0.2, 0) is 54.2 Å². The van der Waals surface area contributed by atoms with Gasteiger partial charge < -0.3 is 37.7 Å². The van der Waals surface area contributed by atoms with Gasteiger partial charge in [0.1, 0.15) is 30.8 Å². The summed E-state index contributed by atoms with van der Waals surface area (Å²) in [7, 11) is 1.56. The Morgan fingerprint density at radius 2 is 1.45 bits per heavy atom. The number of hydrogen-bond donors (Lipinski definition) is 0. The van der Waals surface area contributed by atoms with Gasteiger partial charge in [0, 0.05) is 39.3 Å². The van der Waals surface area contributed by atoms with E-state index in [0.29, 0.717) is 17.2 Å². The minimum Gasteiger partial charge on any atom is -0.497 e. The van der Waals surface area contributed by atoms with Crippen molar-refractivity contribution < 1.29 is 56.9 Å². The number of esters is 4. The van der Waals surface area contributed by atoms with Crippen molar-refractivity contribution in [2.45, 2.75) is 65.0 Å². The largest absolute Gasteiger partial charge is 0.497 e. The fourth-order valence-electron chi connectivity index (χ4n) is 3.77. The zero-order chi connectivity index (χ0) is 27.8. The average Bonchev–Trinajstić information content (AvgIpc) is 3.33. The van der Waals surface area contributed by atoms with Crippen LogP contribution in [0.25, 0.3) is 11.3 Å². The van der Waals surface area contributed by atoms with Gasteiger partial charge >= 0.3 is 23.9 Å². The molecule has 1 saturated heterocycles. The molecule has 0 saturated carbocycles. The molecule has 1 aromatic heterocycles. The second-order valence-corrected chi connectivity index (χ2v) is 8.29. The van der Waals surface area contributed by atoms with Crippen molar-refractivity contribution in [1.29, 1.82) is 0 Å². The van der Waals surface area contributed by atoms with E-state index in [4.69, 9.17) is 37.7 Å². The molecule has 1 aromatic carbocycles. The topological polar surface area (TPSA) is 159 Å². The number of nitrogens with zero attached hydrogens (tertiary/aromatic N) is 1. The van der Waals surface area contributed by atoms with Crippen LogP contribution in [0.1, 0.15) is 33.5 Å². The van der Waals surface area contributed by atoms with E-state index in [-0.39, 0.29) is 13.2 Å². The molecule has 13 heteroatoms. The third-order valence-corrected chi connectivity index (χ3v) is 5.28. The molecule has 13 nitrogen and oxygen atoms in total. The van der Waals surface area contributed by atoms with Crippen LogP contribution in [0.15, 0.2) is 34.9 Å². The molecular weight excluding hydrogens is 506 g/mol. The van der Waals surface area contributed by atoms with Gasteiger partial charge in [0.15, 0.2) is 30.4 Å². The number of carbonyl (C=O) groups is 4. The summed E-state index contributed by atoms with van der Waals surface area (Å²) in [5.41, 5.74) is 1.31. The maximum absolute atomic E-state index is 11.9. The van der Waals surface area contributed by atoms with Crippen LogP contribution in [0.3, 0.4) is 0 Å². The molecule has 0 amide bonds. The minimum absolute atomic E-state index is 0.184. The van der Waals surface area contributed by atoms with Gasteiger partial charge in [-0.1, -0.05) is 5.16 Å². The monoisotopic (exact) mass is 535 g/mol. The first-order valence-electron chi connectivity index (χ1n) is 11.6. The van der Waals surface area contributed by atoms with Crippen LogP contribution in [0.5, 0.6) is 5.75 Å². The van der Waals surface area contributed by atoms with E-state index in [2.05, 4.69) is 5.16 Å². The van der Waals surface area contributed by atoms with Crippen LogP contribution in [0.4, 0.5) is 0 Å². The van der Waals surface area contributed by atoms with Gasteiger partial charge in [0.25, 0.3) is 0 Å². The Morgan fingerprint density at radius 1 is 0.842 bits per heavy atom.